The van der Waals surface area contributed by atoms with Gasteiger partial charge in [-0.05, 0) is 27.7 Å². The third kappa shape index (κ3) is 2.27. The summed E-state index contributed by atoms with van der Waals surface area (Å²) in [6.45, 7) is 7.89. The van der Waals surface area contributed by atoms with Crippen molar-refractivity contribution in [2.24, 2.45) is 0 Å². The summed E-state index contributed by atoms with van der Waals surface area (Å²) >= 11 is 0. The summed E-state index contributed by atoms with van der Waals surface area (Å²) in [7, 11) is 0. The Morgan fingerprint density at radius 3 is 2.10 bits per heavy atom. The van der Waals surface area contributed by atoms with Gasteiger partial charge < -0.3 is 28.4 Å². The SMILES string of the molecule is CC1(C)O[C@H]([C@H]2OC(=O)[C@@H]3OC(C)(C)O[C@H]23)[C@@H]([C@@H]2CO2)O1. The number of hydrogen-bond donors (Lipinski definition) is 0. The zero-order chi connectivity index (χ0) is 15.0. The van der Waals surface area contributed by atoms with E-state index in [9.17, 15) is 4.79 Å². The fraction of sp³-hybridized carbons (Fsp3) is 0.929. The molecule has 7 heteroatoms. The molecule has 0 saturated carbocycles. The molecule has 4 heterocycles. The smallest absolute Gasteiger partial charge is 0.338 e. The minimum absolute atomic E-state index is 0.00939. The van der Waals surface area contributed by atoms with Crippen LogP contribution in [0, 0.1) is 0 Å². The predicted molar refractivity (Wildman–Crippen MR) is 67.3 cm³/mol. The van der Waals surface area contributed by atoms with Gasteiger partial charge in [-0.1, -0.05) is 0 Å². The van der Waals surface area contributed by atoms with Crippen LogP contribution in [0.3, 0.4) is 0 Å². The van der Waals surface area contributed by atoms with Gasteiger partial charge in [0.1, 0.15) is 24.4 Å². The van der Waals surface area contributed by atoms with Crippen LogP contribution in [0.5, 0.6) is 0 Å². The van der Waals surface area contributed by atoms with Crippen molar-refractivity contribution in [1.82, 2.24) is 0 Å². The Bertz CT molecular complexity index is 470. The highest BCUT2D eigenvalue weighted by Gasteiger charge is 2.63. The molecule has 0 radical (unpaired) electrons. The fourth-order valence-corrected chi connectivity index (χ4v) is 3.34. The maximum atomic E-state index is 12.0. The average Bonchev–Trinajstić information content (AvgIpc) is 3.01. The molecular weight excluding hydrogens is 280 g/mol. The van der Waals surface area contributed by atoms with Crippen molar-refractivity contribution < 1.29 is 33.2 Å². The highest BCUT2D eigenvalue weighted by Crippen LogP contribution is 2.43. The molecule has 0 N–H and O–H groups in total. The Kier molecular flexibility index (Phi) is 2.76. The summed E-state index contributed by atoms with van der Waals surface area (Å²) in [5.41, 5.74) is 0. The second-order valence-corrected chi connectivity index (χ2v) is 6.86. The van der Waals surface area contributed by atoms with Gasteiger partial charge in [-0.2, -0.15) is 0 Å². The third-order valence-corrected chi connectivity index (χ3v) is 4.15. The van der Waals surface area contributed by atoms with Crippen LogP contribution in [0.4, 0.5) is 0 Å². The molecule has 4 rings (SSSR count). The molecule has 4 aliphatic heterocycles. The fourth-order valence-electron chi connectivity index (χ4n) is 3.34. The number of fused-ring (bicyclic) bond motifs is 1. The second kappa shape index (κ2) is 4.17. The van der Waals surface area contributed by atoms with Crippen LogP contribution >= 0.6 is 0 Å². The second-order valence-electron chi connectivity index (χ2n) is 6.86. The van der Waals surface area contributed by atoms with E-state index in [2.05, 4.69) is 0 Å². The zero-order valence-electron chi connectivity index (χ0n) is 12.5. The standard InChI is InChI=1S/C14H20O7/c1-13(2)18-7(6-5-16-6)9(19-13)8-10-11(12(15)17-8)21-14(3,4)20-10/h6-11H,5H2,1-4H3/t6-,7+,8+,9-,10+,11+/m0/s1. The number of cyclic esters (lactones) is 1. The van der Waals surface area contributed by atoms with E-state index in [-0.39, 0.29) is 12.2 Å². The number of hydrogen-bond acceptors (Lipinski definition) is 7. The summed E-state index contributed by atoms with van der Waals surface area (Å²) in [5.74, 6) is -1.94. The molecule has 21 heavy (non-hydrogen) atoms. The first kappa shape index (κ1) is 13.9. The van der Waals surface area contributed by atoms with E-state index in [1.165, 1.54) is 0 Å². The first-order valence-corrected chi connectivity index (χ1v) is 7.29. The van der Waals surface area contributed by atoms with Crippen LogP contribution in [0.1, 0.15) is 27.7 Å². The molecule has 0 aromatic heterocycles. The molecule has 0 bridgehead atoms. The van der Waals surface area contributed by atoms with Gasteiger partial charge in [-0.15, -0.1) is 0 Å². The van der Waals surface area contributed by atoms with E-state index in [4.69, 9.17) is 28.4 Å². The number of rotatable bonds is 2. The van der Waals surface area contributed by atoms with Crippen molar-refractivity contribution >= 4 is 5.97 Å². The Hall–Kier alpha value is -0.730. The molecule has 6 atom stereocenters. The number of ether oxygens (including phenoxy) is 6. The van der Waals surface area contributed by atoms with Crippen molar-refractivity contribution in [2.75, 3.05) is 6.61 Å². The van der Waals surface area contributed by atoms with E-state index >= 15 is 0 Å². The number of carbonyl (C=O) groups excluding carboxylic acids is 1. The van der Waals surface area contributed by atoms with Gasteiger partial charge >= 0.3 is 5.97 Å². The van der Waals surface area contributed by atoms with Gasteiger partial charge in [-0.3, -0.25) is 0 Å². The van der Waals surface area contributed by atoms with Gasteiger partial charge in [0.15, 0.2) is 23.8 Å². The molecule has 118 valence electrons. The normalized spacial score (nSPS) is 50.0. The first-order valence-electron chi connectivity index (χ1n) is 7.29. The molecule has 0 unspecified atom stereocenters. The van der Waals surface area contributed by atoms with Gasteiger partial charge in [0, 0.05) is 0 Å². The summed E-state index contributed by atoms with van der Waals surface area (Å²) in [6, 6.07) is 0. The molecule has 4 aliphatic rings. The first-order chi connectivity index (χ1) is 9.76. The third-order valence-electron chi connectivity index (χ3n) is 4.15. The molecule has 4 fully saturated rings. The van der Waals surface area contributed by atoms with E-state index in [0.717, 1.165) is 0 Å². The Labute approximate surface area is 122 Å². The van der Waals surface area contributed by atoms with Gasteiger partial charge in [0.05, 0.1) is 6.61 Å². The number of epoxide rings is 1. The lowest BCUT2D eigenvalue weighted by Crippen LogP contribution is -2.45. The van der Waals surface area contributed by atoms with E-state index in [0.29, 0.717) is 6.61 Å². The van der Waals surface area contributed by atoms with Crippen LogP contribution in [0.25, 0.3) is 0 Å². The van der Waals surface area contributed by atoms with E-state index in [1.54, 1.807) is 13.8 Å². The molecule has 0 spiro atoms. The lowest BCUT2D eigenvalue weighted by molar-refractivity contribution is -0.201. The predicted octanol–water partition coefficient (Wildman–Crippen LogP) is 0.351. The van der Waals surface area contributed by atoms with Gasteiger partial charge in [0.25, 0.3) is 0 Å². The molecule has 0 aromatic carbocycles. The largest absolute Gasteiger partial charge is 0.455 e. The minimum atomic E-state index is -0.798. The molecule has 7 nitrogen and oxygen atoms in total. The van der Waals surface area contributed by atoms with Crippen LogP contribution in [-0.2, 0) is 33.2 Å². The molecule has 0 amide bonds. The summed E-state index contributed by atoms with van der Waals surface area (Å²) in [6.07, 6.45) is -2.40. The molecule has 0 aliphatic carbocycles. The van der Waals surface area contributed by atoms with Crippen LogP contribution < -0.4 is 0 Å². The summed E-state index contributed by atoms with van der Waals surface area (Å²) in [4.78, 5) is 12.0. The summed E-state index contributed by atoms with van der Waals surface area (Å²) in [5, 5.41) is 0. The molecular formula is C14H20O7. The highest BCUT2D eigenvalue weighted by atomic mass is 16.8. The topological polar surface area (TPSA) is 75.8 Å². The van der Waals surface area contributed by atoms with Gasteiger partial charge in [0.2, 0.25) is 0 Å². The van der Waals surface area contributed by atoms with Crippen molar-refractivity contribution in [1.29, 1.82) is 0 Å². The number of carbonyl (C=O) groups is 1. The van der Waals surface area contributed by atoms with Crippen molar-refractivity contribution in [3.63, 3.8) is 0 Å². The average molecular weight is 300 g/mol. The molecule has 0 aromatic rings. The maximum Gasteiger partial charge on any atom is 0.338 e. The van der Waals surface area contributed by atoms with Gasteiger partial charge in [-0.25, -0.2) is 4.79 Å². The Balaban J connectivity index is 1.59. The highest BCUT2D eigenvalue weighted by molar-refractivity contribution is 5.78. The Morgan fingerprint density at radius 2 is 1.43 bits per heavy atom. The summed E-state index contributed by atoms with van der Waals surface area (Å²) < 4.78 is 34.1. The van der Waals surface area contributed by atoms with Crippen molar-refractivity contribution in [3.05, 3.63) is 0 Å². The van der Waals surface area contributed by atoms with Crippen LogP contribution in [0.2, 0.25) is 0 Å². The quantitative estimate of drug-likeness (QED) is 0.538. The lowest BCUT2D eigenvalue weighted by Gasteiger charge is -2.26. The molecule has 4 saturated heterocycles. The van der Waals surface area contributed by atoms with Crippen LogP contribution in [-0.4, -0.2) is 60.8 Å². The maximum absolute atomic E-state index is 12.0. The number of esters is 1. The van der Waals surface area contributed by atoms with E-state index < -0.39 is 42.0 Å². The minimum Gasteiger partial charge on any atom is -0.455 e. The van der Waals surface area contributed by atoms with Crippen molar-refractivity contribution in [3.8, 4) is 0 Å². The lowest BCUT2D eigenvalue weighted by atomic mass is 10.00. The monoisotopic (exact) mass is 300 g/mol. The zero-order valence-corrected chi connectivity index (χ0v) is 12.5. The Morgan fingerprint density at radius 1 is 0.857 bits per heavy atom. The van der Waals surface area contributed by atoms with Crippen molar-refractivity contribution in [2.45, 2.75) is 75.9 Å². The van der Waals surface area contributed by atoms with E-state index in [1.807, 2.05) is 13.8 Å². The van der Waals surface area contributed by atoms with Crippen LogP contribution in [0.15, 0.2) is 0 Å².